The molecule has 0 saturated carbocycles. The third-order valence-electron chi connectivity index (χ3n) is 5.32. The summed E-state index contributed by atoms with van der Waals surface area (Å²) in [7, 11) is 1.69. The molecule has 0 heterocycles. The molecule has 1 nitrogen and oxygen atoms in total. The summed E-state index contributed by atoms with van der Waals surface area (Å²) in [5.74, 6) is 1.45. The minimum absolute atomic E-state index is 0. The van der Waals surface area contributed by atoms with Crippen LogP contribution in [0.25, 0.3) is 21.9 Å². The molecule has 0 fully saturated rings. The van der Waals surface area contributed by atoms with Crippen LogP contribution in [0.2, 0.25) is 13.1 Å². The van der Waals surface area contributed by atoms with Crippen molar-refractivity contribution in [2.24, 2.45) is 5.92 Å². The molecule has 0 spiro atoms. The molecule has 0 aliphatic heterocycles. The van der Waals surface area contributed by atoms with Crippen molar-refractivity contribution in [2.45, 2.75) is 40.8 Å². The topological polar surface area (TPSA) is 9.23 Å². The van der Waals surface area contributed by atoms with Gasteiger partial charge in [-0.25, -0.2) is 5.57 Å². The molecule has 0 radical (unpaired) electrons. The van der Waals surface area contributed by atoms with Crippen LogP contribution in [0, 0.1) is 12.0 Å². The standard InChI is InChI=1S/C16H13O.C9H13.C2H6Si.2ClH.Zr/c1-17-14-9-6-13(7-10-14)16-11-8-12-4-2-3-5-15(12)16;1-6-5-7(2)9(4)8(6)3;1-3-2;;;/h2-11H,1H3;6H,1-4H3;1-2H3;2*1H;/q2*-1;;;;+2. The summed E-state index contributed by atoms with van der Waals surface area (Å²) in [5.41, 5.74) is 6.97. The van der Waals surface area contributed by atoms with E-state index in [0.29, 0.717) is 5.92 Å². The molecule has 3 aromatic carbocycles. The zero-order chi connectivity index (χ0) is 22.3. The fourth-order valence-electron chi connectivity index (χ4n) is 3.33. The van der Waals surface area contributed by atoms with Crippen LogP contribution in [0.15, 0.2) is 77.4 Å². The normalized spacial score (nSPS) is 14.2. The number of ether oxygens (including phenoxy) is 1. The van der Waals surface area contributed by atoms with Crippen molar-refractivity contribution in [3.63, 3.8) is 0 Å². The van der Waals surface area contributed by atoms with E-state index >= 15 is 0 Å². The number of allylic oxidation sites excluding steroid dienone is 4. The van der Waals surface area contributed by atoms with E-state index in [1.54, 1.807) is 30.4 Å². The van der Waals surface area contributed by atoms with Gasteiger partial charge in [0.1, 0.15) is 5.75 Å². The van der Waals surface area contributed by atoms with Crippen LogP contribution in [-0.4, -0.2) is 12.5 Å². The van der Waals surface area contributed by atoms with Crippen molar-refractivity contribution in [1.29, 1.82) is 0 Å². The summed E-state index contributed by atoms with van der Waals surface area (Å²) >= 11 is 1.74. The Morgan fingerprint density at radius 2 is 1.53 bits per heavy atom. The number of hydrogen-bond donors (Lipinski definition) is 0. The van der Waals surface area contributed by atoms with E-state index in [2.05, 4.69) is 95.4 Å². The van der Waals surface area contributed by atoms with Crippen LogP contribution in [0.3, 0.4) is 0 Å². The van der Waals surface area contributed by atoms with Crippen molar-refractivity contribution in [3.8, 4) is 16.9 Å². The summed E-state index contributed by atoms with van der Waals surface area (Å²) in [4.78, 5) is 0. The number of methoxy groups -OCH3 is 1. The second-order valence-electron chi connectivity index (χ2n) is 7.86. The van der Waals surface area contributed by atoms with Gasteiger partial charge in [0.2, 0.25) is 0 Å². The van der Waals surface area contributed by atoms with E-state index in [1.807, 2.05) is 12.1 Å². The van der Waals surface area contributed by atoms with Crippen LogP contribution in [-0.2, 0) is 23.3 Å². The first-order valence-electron chi connectivity index (χ1n) is 10.3. The fourth-order valence-corrected chi connectivity index (χ4v) is 3.33. The number of halogens is 2. The van der Waals surface area contributed by atoms with Crippen LogP contribution >= 0.6 is 24.8 Å². The molecule has 1 atom stereocenters. The Morgan fingerprint density at radius 1 is 0.969 bits per heavy atom. The Labute approximate surface area is 221 Å². The average molecular weight is 565 g/mol. The van der Waals surface area contributed by atoms with E-state index in [-0.39, 0.29) is 30.2 Å². The Hall–Kier alpha value is -0.990. The zero-order valence-corrected chi connectivity index (χ0v) is 25.2. The summed E-state index contributed by atoms with van der Waals surface area (Å²) in [6.45, 7) is 13.3. The third kappa shape index (κ3) is 8.75. The Kier molecular flexibility index (Phi) is 14.6. The van der Waals surface area contributed by atoms with E-state index < -0.39 is 0 Å². The molecule has 3 aromatic rings. The number of fused-ring (bicyclic) bond motifs is 1. The second kappa shape index (κ2) is 15.0. The van der Waals surface area contributed by atoms with Gasteiger partial charge in [-0.15, -0.1) is 78.4 Å². The van der Waals surface area contributed by atoms with Gasteiger partial charge < -0.3 is 4.74 Å². The maximum Gasteiger partial charge on any atom is -0.147 e. The van der Waals surface area contributed by atoms with Gasteiger partial charge in [0.25, 0.3) is 0 Å². The molecule has 1 aliphatic carbocycles. The summed E-state index contributed by atoms with van der Waals surface area (Å²) < 4.78 is 5.17. The molecule has 0 amide bonds. The monoisotopic (exact) mass is 562 g/mol. The van der Waals surface area contributed by atoms with Gasteiger partial charge in [-0.1, -0.05) is 50.5 Å². The molecule has 1 aliphatic rings. The van der Waals surface area contributed by atoms with Crippen LogP contribution in [0.4, 0.5) is 0 Å². The molecule has 0 saturated heterocycles. The molecule has 4 rings (SSSR count). The van der Waals surface area contributed by atoms with Gasteiger partial charge in [0.15, 0.2) is 0 Å². The van der Waals surface area contributed by atoms with Gasteiger partial charge in [-0.3, -0.25) is 6.08 Å². The Bertz CT molecular complexity index is 1060. The zero-order valence-electron chi connectivity index (χ0n) is 20.1. The Balaban J connectivity index is 0.000000547. The van der Waals surface area contributed by atoms with Crippen molar-refractivity contribution in [2.75, 3.05) is 7.11 Å². The number of benzene rings is 2. The van der Waals surface area contributed by atoms with Crippen LogP contribution in [0.5, 0.6) is 5.75 Å². The molecule has 5 heteroatoms. The van der Waals surface area contributed by atoms with Crippen molar-refractivity contribution < 1.29 is 28.1 Å². The van der Waals surface area contributed by atoms with Crippen molar-refractivity contribution in [1.82, 2.24) is 0 Å². The molecule has 0 N–H and O–H groups in total. The molecule has 1 unspecified atom stereocenters. The third-order valence-corrected chi connectivity index (χ3v) is 5.32. The van der Waals surface area contributed by atoms with E-state index in [1.165, 1.54) is 38.6 Å². The molecular weight excluding hydrogens is 531 g/mol. The van der Waals surface area contributed by atoms with E-state index in [0.717, 1.165) is 5.75 Å². The summed E-state index contributed by atoms with van der Waals surface area (Å²) in [6, 6.07) is 21.0. The number of hydrogen-bond acceptors (Lipinski definition) is 1. The molecule has 0 aromatic heterocycles. The minimum Gasteiger partial charge on any atom is -0.147 e. The van der Waals surface area contributed by atoms with Gasteiger partial charge in [-0.2, -0.15) is 11.1 Å². The van der Waals surface area contributed by atoms with Gasteiger partial charge in [0, 0.05) is 0 Å². The van der Waals surface area contributed by atoms with E-state index in [4.69, 9.17) is 4.74 Å². The SMILES string of the molecule is CC1=[C-]C(C)C(C)=C1C.COc1ccc(-c2c[cH-]c3ccccc23)cc1.C[Si](C)=[Zr+2].Cl.Cl. The van der Waals surface area contributed by atoms with Gasteiger partial charge in [-0.05, 0) is 12.1 Å². The van der Waals surface area contributed by atoms with Gasteiger partial charge in [0.05, 0.1) is 7.11 Å². The largest absolute Gasteiger partial charge is 0.147 e. The maximum atomic E-state index is 5.17. The average Bonchev–Trinajstić information content (AvgIpc) is 3.25. The molecule has 0 bridgehead atoms. The summed E-state index contributed by atoms with van der Waals surface area (Å²) in [6.07, 6.45) is 3.36. The van der Waals surface area contributed by atoms with Crippen molar-refractivity contribution >= 4 is 41.0 Å². The van der Waals surface area contributed by atoms with Gasteiger partial charge >= 0.3 is 41.9 Å². The first kappa shape index (κ1) is 31.0. The Morgan fingerprint density at radius 3 is 1.97 bits per heavy atom. The van der Waals surface area contributed by atoms with Crippen molar-refractivity contribution in [3.05, 3.63) is 83.5 Å². The fraction of sp³-hybridized carbons (Fsp3) is 0.296. The smallest absolute Gasteiger partial charge is 0.147 e. The first-order valence-corrected chi connectivity index (χ1v) is 16.5. The van der Waals surface area contributed by atoms with Crippen LogP contribution < -0.4 is 4.74 Å². The summed E-state index contributed by atoms with van der Waals surface area (Å²) in [5, 5.41) is 2.59. The molecular formula is C27H34Cl2OSiZr. The predicted molar refractivity (Wildman–Crippen MR) is 143 cm³/mol. The molecule has 170 valence electrons. The predicted octanol–water partition coefficient (Wildman–Crippen LogP) is 8.58. The maximum absolute atomic E-state index is 5.17. The first-order chi connectivity index (χ1) is 14.2. The van der Waals surface area contributed by atoms with Crippen LogP contribution in [0.1, 0.15) is 27.7 Å². The number of rotatable bonds is 2. The quantitative estimate of drug-likeness (QED) is 0.224. The van der Waals surface area contributed by atoms with E-state index in [9.17, 15) is 0 Å². The second-order valence-corrected chi connectivity index (χ2v) is 17.2. The molecule has 32 heavy (non-hydrogen) atoms. The minimum atomic E-state index is 0.